The number of rotatable bonds is 6. The molecule has 7 heteroatoms. The number of thiophene rings is 1. The summed E-state index contributed by atoms with van der Waals surface area (Å²) in [5.74, 6) is -0.314. The summed E-state index contributed by atoms with van der Waals surface area (Å²) in [6.07, 6.45) is 0. The Morgan fingerprint density at radius 2 is 1.70 bits per heavy atom. The van der Waals surface area contributed by atoms with Gasteiger partial charge >= 0.3 is 6.61 Å². The van der Waals surface area contributed by atoms with Crippen molar-refractivity contribution >= 4 is 23.0 Å². The Hall–Kier alpha value is -2.28. The molecule has 1 heterocycles. The van der Waals surface area contributed by atoms with Gasteiger partial charge in [0.15, 0.2) is 5.78 Å². The van der Waals surface area contributed by atoms with Crippen molar-refractivity contribution < 1.29 is 23.1 Å². The topological polar surface area (TPSA) is 55.4 Å². The number of alkyl halides is 2. The van der Waals surface area contributed by atoms with E-state index in [1.807, 2.05) is 0 Å². The number of amides is 1. The molecule has 0 aliphatic rings. The van der Waals surface area contributed by atoms with Gasteiger partial charge in [0.25, 0.3) is 5.91 Å². The number of benzene rings is 1. The van der Waals surface area contributed by atoms with E-state index in [0.717, 1.165) is 16.9 Å². The molecular formula is C16H15F2NO3S. The summed E-state index contributed by atoms with van der Waals surface area (Å²) in [7, 11) is 0. The zero-order chi connectivity index (χ0) is 17.0. The molecule has 0 saturated carbocycles. The standard InChI is InChI=1S/C16H15F2NO3S/c1-9(11-3-5-12(6-4-11)22-16(17)18)19-15(21)14-8-7-13(23-14)10(2)20/h3-9,16H,1-2H3,(H,19,21)/t9-/m0/s1. The highest BCUT2D eigenvalue weighted by Crippen LogP contribution is 2.21. The molecule has 0 fully saturated rings. The molecule has 0 aliphatic heterocycles. The third-order valence-electron chi connectivity index (χ3n) is 3.13. The Balaban J connectivity index is 2.01. The second-order valence-corrected chi connectivity index (χ2v) is 5.95. The molecule has 1 amide bonds. The van der Waals surface area contributed by atoms with Gasteiger partial charge in [-0.05, 0) is 43.7 Å². The molecule has 23 heavy (non-hydrogen) atoms. The van der Waals surface area contributed by atoms with E-state index in [-0.39, 0.29) is 23.5 Å². The molecule has 1 atom stereocenters. The molecule has 0 aliphatic carbocycles. The number of ether oxygens (including phenoxy) is 1. The zero-order valence-corrected chi connectivity index (χ0v) is 13.3. The Kier molecular flexibility index (Phi) is 5.44. The normalized spacial score (nSPS) is 12.0. The first-order valence-corrected chi connectivity index (χ1v) is 7.65. The van der Waals surface area contributed by atoms with Gasteiger partial charge in [0.05, 0.1) is 15.8 Å². The molecular weight excluding hydrogens is 324 g/mol. The number of ketones is 1. The lowest BCUT2D eigenvalue weighted by molar-refractivity contribution is -0.0498. The van der Waals surface area contributed by atoms with E-state index in [0.29, 0.717) is 9.75 Å². The minimum absolute atomic E-state index is 0.0617. The molecule has 122 valence electrons. The van der Waals surface area contributed by atoms with E-state index in [9.17, 15) is 18.4 Å². The number of hydrogen-bond acceptors (Lipinski definition) is 4. The zero-order valence-electron chi connectivity index (χ0n) is 12.5. The Morgan fingerprint density at radius 1 is 1.09 bits per heavy atom. The maximum Gasteiger partial charge on any atom is 0.387 e. The van der Waals surface area contributed by atoms with Crippen molar-refractivity contribution in [3.05, 3.63) is 51.7 Å². The van der Waals surface area contributed by atoms with E-state index < -0.39 is 6.61 Å². The van der Waals surface area contributed by atoms with Gasteiger partial charge in [-0.3, -0.25) is 9.59 Å². The summed E-state index contributed by atoms with van der Waals surface area (Å²) < 4.78 is 28.5. The molecule has 0 bridgehead atoms. The molecule has 1 aromatic carbocycles. The number of Topliss-reactive ketones (excluding diaryl/α,β-unsaturated/α-hetero) is 1. The van der Waals surface area contributed by atoms with Gasteiger partial charge in [0.2, 0.25) is 0 Å². The maximum absolute atomic E-state index is 12.1. The van der Waals surface area contributed by atoms with Crippen LogP contribution in [0.2, 0.25) is 0 Å². The summed E-state index contributed by atoms with van der Waals surface area (Å²) in [6.45, 7) is 0.353. The highest BCUT2D eigenvalue weighted by Gasteiger charge is 2.15. The monoisotopic (exact) mass is 339 g/mol. The fourth-order valence-electron chi connectivity index (χ4n) is 1.94. The van der Waals surface area contributed by atoms with Crippen molar-refractivity contribution in [3.8, 4) is 5.75 Å². The average Bonchev–Trinajstić information content (AvgIpc) is 2.97. The molecule has 1 aromatic heterocycles. The lowest BCUT2D eigenvalue weighted by Crippen LogP contribution is -2.25. The Morgan fingerprint density at radius 3 is 2.22 bits per heavy atom. The van der Waals surface area contributed by atoms with Gasteiger partial charge in [-0.15, -0.1) is 11.3 Å². The van der Waals surface area contributed by atoms with E-state index in [1.54, 1.807) is 31.2 Å². The number of nitrogens with one attached hydrogen (secondary N) is 1. The summed E-state index contributed by atoms with van der Waals surface area (Å²) in [4.78, 5) is 24.4. The second kappa shape index (κ2) is 7.32. The lowest BCUT2D eigenvalue weighted by atomic mass is 10.1. The van der Waals surface area contributed by atoms with Crippen LogP contribution >= 0.6 is 11.3 Å². The molecule has 2 aromatic rings. The van der Waals surface area contributed by atoms with Crippen molar-refractivity contribution in [1.82, 2.24) is 5.32 Å². The summed E-state index contributed by atoms with van der Waals surface area (Å²) in [6, 6.07) is 8.96. The van der Waals surface area contributed by atoms with Crippen LogP contribution in [-0.4, -0.2) is 18.3 Å². The van der Waals surface area contributed by atoms with Gasteiger partial charge < -0.3 is 10.1 Å². The highest BCUT2D eigenvalue weighted by molar-refractivity contribution is 7.15. The SMILES string of the molecule is CC(=O)c1ccc(C(=O)N[C@@H](C)c2ccc(OC(F)F)cc2)s1. The summed E-state index contributed by atoms with van der Waals surface area (Å²) in [5.41, 5.74) is 0.753. The largest absolute Gasteiger partial charge is 0.435 e. The Labute approximate surface area is 136 Å². The number of carbonyl (C=O) groups is 2. The highest BCUT2D eigenvalue weighted by atomic mass is 32.1. The van der Waals surface area contributed by atoms with E-state index in [4.69, 9.17) is 0 Å². The third kappa shape index (κ3) is 4.59. The van der Waals surface area contributed by atoms with E-state index in [2.05, 4.69) is 10.1 Å². The molecule has 0 radical (unpaired) electrons. The van der Waals surface area contributed by atoms with Crippen molar-refractivity contribution in [2.24, 2.45) is 0 Å². The number of hydrogen-bond donors (Lipinski definition) is 1. The lowest BCUT2D eigenvalue weighted by Gasteiger charge is -2.14. The van der Waals surface area contributed by atoms with Crippen LogP contribution in [0, 0.1) is 0 Å². The predicted octanol–water partition coefficient (Wildman–Crippen LogP) is 4.04. The predicted molar refractivity (Wildman–Crippen MR) is 83.3 cm³/mol. The van der Waals surface area contributed by atoms with Crippen LogP contribution in [0.15, 0.2) is 36.4 Å². The van der Waals surface area contributed by atoms with Crippen LogP contribution in [0.5, 0.6) is 5.75 Å². The van der Waals surface area contributed by atoms with Crippen molar-refractivity contribution in [3.63, 3.8) is 0 Å². The van der Waals surface area contributed by atoms with Crippen LogP contribution in [-0.2, 0) is 0 Å². The fraction of sp³-hybridized carbons (Fsp3) is 0.250. The minimum atomic E-state index is -2.87. The molecule has 2 rings (SSSR count). The summed E-state index contributed by atoms with van der Waals surface area (Å²) in [5, 5.41) is 2.80. The van der Waals surface area contributed by atoms with Crippen LogP contribution < -0.4 is 10.1 Å². The number of carbonyl (C=O) groups excluding carboxylic acids is 2. The minimum Gasteiger partial charge on any atom is -0.435 e. The third-order valence-corrected chi connectivity index (χ3v) is 4.31. The fourth-order valence-corrected chi connectivity index (χ4v) is 2.74. The first kappa shape index (κ1) is 17.1. The maximum atomic E-state index is 12.1. The van der Waals surface area contributed by atoms with Gasteiger partial charge in [-0.2, -0.15) is 8.78 Å². The van der Waals surface area contributed by atoms with Gasteiger partial charge in [0.1, 0.15) is 5.75 Å². The van der Waals surface area contributed by atoms with Crippen LogP contribution in [0.3, 0.4) is 0 Å². The second-order valence-electron chi connectivity index (χ2n) is 4.86. The first-order chi connectivity index (χ1) is 10.9. The van der Waals surface area contributed by atoms with E-state index in [1.165, 1.54) is 19.1 Å². The molecule has 0 unspecified atom stereocenters. The Bertz CT molecular complexity index is 698. The van der Waals surface area contributed by atoms with Crippen LogP contribution in [0.4, 0.5) is 8.78 Å². The molecule has 0 spiro atoms. The quantitative estimate of drug-likeness (QED) is 0.808. The van der Waals surface area contributed by atoms with Crippen LogP contribution in [0.25, 0.3) is 0 Å². The van der Waals surface area contributed by atoms with Crippen LogP contribution in [0.1, 0.15) is 44.8 Å². The smallest absolute Gasteiger partial charge is 0.387 e. The van der Waals surface area contributed by atoms with Gasteiger partial charge in [0, 0.05) is 0 Å². The molecule has 4 nitrogen and oxygen atoms in total. The molecule has 1 N–H and O–H groups in total. The number of halogens is 2. The van der Waals surface area contributed by atoms with Crippen molar-refractivity contribution in [2.75, 3.05) is 0 Å². The van der Waals surface area contributed by atoms with Crippen molar-refractivity contribution in [2.45, 2.75) is 26.5 Å². The van der Waals surface area contributed by atoms with Gasteiger partial charge in [-0.1, -0.05) is 12.1 Å². The van der Waals surface area contributed by atoms with Crippen molar-refractivity contribution in [1.29, 1.82) is 0 Å². The van der Waals surface area contributed by atoms with E-state index >= 15 is 0 Å². The average molecular weight is 339 g/mol. The molecule has 0 saturated heterocycles. The van der Waals surface area contributed by atoms with Gasteiger partial charge in [-0.25, -0.2) is 0 Å². The first-order valence-electron chi connectivity index (χ1n) is 6.83. The summed E-state index contributed by atoms with van der Waals surface area (Å²) >= 11 is 1.13.